The first-order valence-electron chi connectivity index (χ1n) is 5.03. The molecule has 2 heterocycles. The molecule has 0 aliphatic rings. The Morgan fingerprint density at radius 1 is 1.44 bits per heavy atom. The van der Waals surface area contributed by atoms with Gasteiger partial charge in [-0.1, -0.05) is 0 Å². The molecule has 0 aliphatic heterocycles. The van der Waals surface area contributed by atoms with E-state index in [-0.39, 0.29) is 0 Å². The summed E-state index contributed by atoms with van der Waals surface area (Å²) in [5.41, 5.74) is 7.81. The van der Waals surface area contributed by atoms with Crippen molar-refractivity contribution in [2.24, 2.45) is 0 Å². The van der Waals surface area contributed by atoms with Gasteiger partial charge in [0.1, 0.15) is 10.8 Å². The predicted octanol–water partition coefficient (Wildman–Crippen LogP) is 2.45. The van der Waals surface area contributed by atoms with Crippen molar-refractivity contribution in [1.82, 2.24) is 9.36 Å². The van der Waals surface area contributed by atoms with Crippen molar-refractivity contribution >= 4 is 33.7 Å². The van der Waals surface area contributed by atoms with Crippen molar-refractivity contribution in [3.05, 3.63) is 21.6 Å². The maximum absolute atomic E-state index is 5.68. The fraction of sp³-hybridized carbons (Fsp3) is 0.400. The number of nitrogens with two attached hydrogens (primary N) is 1. The fourth-order valence-corrected chi connectivity index (χ4v) is 2.82. The van der Waals surface area contributed by atoms with Gasteiger partial charge in [-0.05, 0) is 25.4 Å². The van der Waals surface area contributed by atoms with E-state index < -0.39 is 0 Å². The molecule has 2 rings (SSSR count). The number of rotatable bonds is 4. The van der Waals surface area contributed by atoms with E-state index in [9.17, 15) is 0 Å². The van der Waals surface area contributed by atoms with Crippen LogP contribution in [0, 0.1) is 13.8 Å². The summed E-state index contributed by atoms with van der Waals surface area (Å²) >= 11 is 3.12. The van der Waals surface area contributed by atoms with Crippen molar-refractivity contribution in [3.63, 3.8) is 0 Å². The van der Waals surface area contributed by atoms with E-state index in [0.29, 0.717) is 5.82 Å². The van der Waals surface area contributed by atoms with E-state index in [2.05, 4.69) is 20.1 Å². The van der Waals surface area contributed by atoms with Gasteiger partial charge in [-0.15, -0.1) is 11.3 Å². The highest BCUT2D eigenvalue weighted by molar-refractivity contribution is 7.10. The Bertz CT molecular complexity index is 475. The van der Waals surface area contributed by atoms with E-state index in [0.717, 1.165) is 29.2 Å². The molecule has 0 bridgehead atoms. The number of anilines is 2. The van der Waals surface area contributed by atoms with Crippen LogP contribution < -0.4 is 11.1 Å². The second-order valence-corrected chi connectivity index (χ2v) is 5.30. The summed E-state index contributed by atoms with van der Waals surface area (Å²) in [6.45, 7) is 4.87. The van der Waals surface area contributed by atoms with Gasteiger partial charge in [0.15, 0.2) is 0 Å². The number of nitrogen functional groups attached to an aromatic ring is 1. The second-order valence-electron chi connectivity index (χ2n) is 3.58. The molecular formula is C10H14N4S2. The number of aryl methyl sites for hydroxylation is 1. The quantitative estimate of drug-likeness (QED) is 0.879. The van der Waals surface area contributed by atoms with Crippen LogP contribution in [-0.2, 0) is 6.42 Å². The zero-order chi connectivity index (χ0) is 11.5. The zero-order valence-electron chi connectivity index (χ0n) is 9.28. The van der Waals surface area contributed by atoms with Gasteiger partial charge < -0.3 is 11.1 Å². The topological polar surface area (TPSA) is 63.8 Å². The summed E-state index contributed by atoms with van der Waals surface area (Å²) in [6, 6.07) is 0. The lowest BCUT2D eigenvalue weighted by molar-refractivity contribution is 0.989. The molecule has 0 radical (unpaired) electrons. The molecule has 2 aromatic rings. The fourth-order valence-electron chi connectivity index (χ4n) is 1.31. The minimum absolute atomic E-state index is 0.623. The molecule has 0 fully saturated rings. The predicted molar refractivity (Wildman–Crippen MR) is 70.3 cm³/mol. The summed E-state index contributed by atoms with van der Waals surface area (Å²) in [5.74, 6) is 0.623. The number of nitrogens with zero attached hydrogens (tertiary/aromatic N) is 2. The maximum atomic E-state index is 5.68. The first kappa shape index (κ1) is 11.3. The molecule has 0 spiro atoms. The monoisotopic (exact) mass is 254 g/mol. The average Bonchev–Trinajstić information content (AvgIpc) is 2.79. The number of nitrogens with one attached hydrogen (secondary N) is 1. The molecule has 6 heteroatoms. The van der Waals surface area contributed by atoms with Crippen molar-refractivity contribution in [1.29, 1.82) is 0 Å². The van der Waals surface area contributed by atoms with Crippen LogP contribution in [-0.4, -0.2) is 15.9 Å². The number of hydrogen-bond acceptors (Lipinski definition) is 6. The van der Waals surface area contributed by atoms with Gasteiger partial charge in [0.05, 0.1) is 5.01 Å². The SMILES string of the molecule is Cc1csc(CCNc2snc(N)c2C)n1. The molecule has 0 saturated carbocycles. The van der Waals surface area contributed by atoms with Crippen molar-refractivity contribution < 1.29 is 0 Å². The van der Waals surface area contributed by atoms with Crippen molar-refractivity contribution in [3.8, 4) is 0 Å². The molecule has 0 aromatic carbocycles. The van der Waals surface area contributed by atoms with Crippen LogP contribution in [0.25, 0.3) is 0 Å². The molecule has 0 aliphatic carbocycles. The Balaban J connectivity index is 1.86. The van der Waals surface area contributed by atoms with E-state index >= 15 is 0 Å². The Morgan fingerprint density at radius 2 is 2.25 bits per heavy atom. The van der Waals surface area contributed by atoms with E-state index in [1.165, 1.54) is 16.5 Å². The van der Waals surface area contributed by atoms with Crippen LogP contribution in [0.15, 0.2) is 5.38 Å². The van der Waals surface area contributed by atoms with Crippen LogP contribution in [0.2, 0.25) is 0 Å². The Hall–Kier alpha value is -1.14. The molecule has 0 amide bonds. The molecule has 0 unspecified atom stereocenters. The number of hydrogen-bond donors (Lipinski definition) is 2. The summed E-state index contributed by atoms with van der Waals surface area (Å²) in [5, 5.41) is 7.64. The van der Waals surface area contributed by atoms with Crippen molar-refractivity contribution in [2.45, 2.75) is 20.3 Å². The standard InChI is InChI=1S/C10H14N4S2/c1-6-5-15-8(13-6)3-4-12-10-7(2)9(11)14-16-10/h5,12H,3-4H2,1-2H3,(H2,11,14). The molecule has 16 heavy (non-hydrogen) atoms. The third-order valence-electron chi connectivity index (χ3n) is 2.25. The molecule has 2 aromatic heterocycles. The molecule has 0 atom stereocenters. The summed E-state index contributed by atoms with van der Waals surface area (Å²) in [4.78, 5) is 4.41. The largest absolute Gasteiger partial charge is 0.383 e. The van der Waals surface area contributed by atoms with Gasteiger partial charge in [0.25, 0.3) is 0 Å². The Morgan fingerprint density at radius 3 is 2.81 bits per heavy atom. The van der Waals surface area contributed by atoms with Crippen LogP contribution >= 0.6 is 22.9 Å². The zero-order valence-corrected chi connectivity index (χ0v) is 10.9. The van der Waals surface area contributed by atoms with Gasteiger partial charge in [0.2, 0.25) is 0 Å². The summed E-state index contributed by atoms with van der Waals surface area (Å²) in [6.07, 6.45) is 0.940. The third kappa shape index (κ3) is 2.51. The lowest BCUT2D eigenvalue weighted by Gasteiger charge is -2.02. The first-order chi connectivity index (χ1) is 7.66. The Kier molecular flexibility index (Phi) is 3.40. The maximum Gasteiger partial charge on any atom is 0.142 e. The smallest absolute Gasteiger partial charge is 0.142 e. The van der Waals surface area contributed by atoms with Crippen LogP contribution in [0.4, 0.5) is 10.8 Å². The number of aromatic nitrogens is 2. The Labute approximate surface area is 103 Å². The highest BCUT2D eigenvalue weighted by Crippen LogP contribution is 2.25. The van der Waals surface area contributed by atoms with Gasteiger partial charge in [-0.25, -0.2) is 4.98 Å². The summed E-state index contributed by atoms with van der Waals surface area (Å²) < 4.78 is 4.09. The van der Waals surface area contributed by atoms with E-state index in [4.69, 9.17) is 5.73 Å². The van der Waals surface area contributed by atoms with E-state index in [1.54, 1.807) is 11.3 Å². The van der Waals surface area contributed by atoms with Gasteiger partial charge >= 0.3 is 0 Å². The van der Waals surface area contributed by atoms with Gasteiger partial charge in [-0.2, -0.15) is 4.37 Å². The van der Waals surface area contributed by atoms with Gasteiger partial charge in [-0.3, -0.25) is 0 Å². The molecule has 4 nitrogen and oxygen atoms in total. The molecule has 0 saturated heterocycles. The van der Waals surface area contributed by atoms with E-state index in [1.807, 2.05) is 13.8 Å². The minimum Gasteiger partial charge on any atom is -0.383 e. The number of thiazole rings is 1. The average molecular weight is 254 g/mol. The van der Waals surface area contributed by atoms with Crippen LogP contribution in [0.1, 0.15) is 16.3 Å². The normalized spacial score (nSPS) is 10.6. The van der Waals surface area contributed by atoms with Crippen molar-refractivity contribution in [2.75, 3.05) is 17.6 Å². The van der Waals surface area contributed by atoms with Crippen LogP contribution in [0.3, 0.4) is 0 Å². The highest BCUT2D eigenvalue weighted by atomic mass is 32.1. The highest BCUT2D eigenvalue weighted by Gasteiger charge is 2.06. The summed E-state index contributed by atoms with van der Waals surface area (Å²) in [7, 11) is 0. The molecular weight excluding hydrogens is 240 g/mol. The second kappa shape index (κ2) is 4.80. The molecule has 3 N–H and O–H groups in total. The third-order valence-corrected chi connectivity index (χ3v) is 4.20. The van der Waals surface area contributed by atoms with Crippen LogP contribution in [0.5, 0.6) is 0 Å². The molecule has 86 valence electrons. The first-order valence-corrected chi connectivity index (χ1v) is 6.68. The van der Waals surface area contributed by atoms with Gasteiger partial charge in [0, 0.05) is 29.6 Å². The lowest BCUT2D eigenvalue weighted by Crippen LogP contribution is -2.04. The minimum atomic E-state index is 0.623. The lowest BCUT2D eigenvalue weighted by atomic mass is 10.3.